The summed E-state index contributed by atoms with van der Waals surface area (Å²) < 4.78 is 27.7. The molecule has 0 unspecified atom stereocenters. The SMILES string of the molecule is Cc1nc(-c2ccccn2)sc1C(=O)Nc1cccc(S(=O)(=O)NC2=NCCC2)c1. The lowest BCUT2D eigenvalue weighted by Crippen LogP contribution is -2.29. The van der Waals surface area contributed by atoms with Crippen LogP contribution in [-0.2, 0) is 10.0 Å². The predicted molar refractivity (Wildman–Crippen MR) is 116 cm³/mol. The van der Waals surface area contributed by atoms with Gasteiger partial charge in [0.05, 0.1) is 16.3 Å². The lowest BCUT2D eigenvalue weighted by Gasteiger charge is -2.10. The van der Waals surface area contributed by atoms with Crippen molar-refractivity contribution >= 4 is 38.8 Å². The van der Waals surface area contributed by atoms with Crippen molar-refractivity contribution in [3.63, 3.8) is 0 Å². The van der Waals surface area contributed by atoms with Crippen LogP contribution in [0.15, 0.2) is 58.5 Å². The molecule has 30 heavy (non-hydrogen) atoms. The Morgan fingerprint density at radius 2 is 2.03 bits per heavy atom. The molecule has 0 bridgehead atoms. The van der Waals surface area contributed by atoms with Crippen LogP contribution >= 0.6 is 11.3 Å². The number of pyridine rings is 1. The Balaban J connectivity index is 1.53. The number of sulfonamides is 1. The van der Waals surface area contributed by atoms with Gasteiger partial charge in [0.2, 0.25) is 0 Å². The van der Waals surface area contributed by atoms with Gasteiger partial charge in [-0.05, 0) is 43.7 Å². The number of rotatable bonds is 5. The molecule has 0 aliphatic carbocycles. The van der Waals surface area contributed by atoms with Crippen molar-refractivity contribution in [3.8, 4) is 10.7 Å². The monoisotopic (exact) mass is 441 g/mol. The quantitative estimate of drug-likeness (QED) is 0.631. The van der Waals surface area contributed by atoms with E-state index in [4.69, 9.17) is 0 Å². The van der Waals surface area contributed by atoms with E-state index in [1.165, 1.54) is 23.5 Å². The Hall–Kier alpha value is -3.11. The van der Waals surface area contributed by atoms with E-state index in [0.29, 0.717) is 45.8 Å². The summed E-state index contributed by atoms with van der Waals surface area (Å²) in [6.07, 6.45) is 3.12. The molecule has 0 radical (unpaired) electrons. The van der Waals surface area contributed by atoms with Crippen LogP contribution < -0.4 is 10.0 Å². The summed E-state index contributed by atoms with van der Waals surface area (Å²) in [7, 11) is -3.76. The number of carbonyl (C=O) groups excluding carboxylic acids is 1. The van der Waals surface area contributed by atoms with Crippen molar-refractivity contribution in [2.24, 2.45) is 4.99 Å². The molecule has 1 aromatic carbocycles. The Labute approximate surface area is 178 Å². The maximum absolute atomic E-state index is 12.8. The third-order valence-corrected chi connectivity index (χ3v) is 6.97. The molecule has 8 nitrogen and oxygen atoms in total. The predicted octanol–water partition coefficient (Wildman–Crippen LogP) is 3.24. The van der Waals surface area contributed by atoms with Crippen LogP contribution in [-0.4, -0.2) is 36.7 Å². The van der Waals surface area contributed by atoms with Gasteiger partial charge >= 0.3 is 0 Å². The Morgan fingerprint density at radius 1 is 1.17 bits per heavy atom. The first-order valence-electron chi connectivity index (χ1n) is 9.29. The number of nitrogens with one attached hydrogen (secondary N) is 2. The molecule has 0 saturated heterocycles. The minimum atomic E-state index is -3.76. The van der Waals surface area contributed by atoms with Crippen molar-refractivity contribution in [1.82, 2.24) is 14.7 Å². The van der Waals surface area contributed by atoms with E-state index in [1.807, 2.05) is 18.2 Å². The smallest absolute Gasteiger partial charge is 0.267 e. The average molecular weight is 442 g/mol. The summed E-state index contributed by atoms with van der Waals surface area (Å²) in [6.45, 7) is 2.38. The van der Waals surface area contributed by atoms with Crippen molar-refractivity contribution in [1.29, 1.82) is 0 Å². The molecule has 154 valence electrons. The summed E-state index contributed by atoms with van der Waals surface area (Å²) in [6, 6.07) is 11.6. The maximum atomic E-state index is 12.8. The Bertz CT molecular complexity index is 1220. The van der Waals surface area contributed by atoms with Gasteiger partial charge in [0.25, 0.3) is 15.9 Å². The fraction of sp³-hybridized carbons (Fsp3) is 0.200. The average Bonchev–Trinajstić information content (AvgIpc) is 3.38. The number of aliphatic imine (C=N–C) groups is 1. The molecule has 2 N–H and O–H groups in total. The fourth-order valence-corrected chi connectivity index (χ4v) is 5.04. The van der Waals surface area contributed by atoms with Gasteiger partial charge in [-0.3, -0.25) is 19.5 Å². The molecule has 0 atom stereocenters. The highest BCUT2D eigenvalue weighted by atomic mass is 32.2. The van der Waals surface area contributed by atoms with Gasteiger partial charge in [-0.25, -0.2) is 13.4 Å². The molecule has 1 aliphatic heterocycles. The normalized spacial score (nSPS) is 13.7. The van der Waals surface area contributed by atoms with E-state index in [9.17, 15) is 13.2 Å². The van der Waals surface area contributed by atoms with Crippen molar-refractivity contribution in [2.75, 3.05) is 11.9 Å². The second-order valence-corrected chi connectivity index (χ2v) is 9.35. The molecule has 1 amide bonds. The molecular weight excluding hydrogens is 422 g/mol. The Morgan fingerprint density at radius 3 is 2.77 bits per heavy atom. The van der Waals surface area contributed by atoms with Crippen LogP contribution in [0.25, 0.3) is 10.7 Å². The third-order valence-electron chi connectivity index (χ3n) is 4.42. The molecule has 3 aromatic rings. The van der Waals surface area contributed by atoms with Gasteiger partial charge in [0, 0.05) is 24.8 Å². The number of aryl methyl sites for hydroxylation is 1. The van der Waals surface area contributed by atoms with Gasteiger partial charge < -0.3 is 5.32 Å². The molecule has 1 aliphatic rings. The van der Waals surface area contributed by atoms with E-state index in [2.05, 4.69) is 25.0 Å². The highest BCUT2D eigenvalue weighted by molar-refractivity contribution is 7.90. The second kappa shape index (κ2) is 8.33. The highest BCUT2D eigenvalue weighted by Crippen LogP contribution is 2.27. The van der Waals surface area contributed by atoms with Gasteiger partial charge in [-0.2, -0.15) is 0 Å². The number of carbonyl (C=O) groups is 1. The third kappa shape index (κ3) is 4.39. The summed E-state index contributed by atoms with van der Waals surface area (Å²) in [5.41, 5.74) is 1.66. The Kier molecular flexibility index (Phi) is 5.60. The zero-order valence-electron chi connectivity index (χ0n) is 16.1. The standard InChI is InChI=1S/C20H19N5O3S2/c1-13-18(29-20(23-13)16-8-2-3-10-21-16)19(26)24-14-6-4-7-15(12-14)30(27,28)25-17-9-5-11-22-17/h2-4,6-8,10,12H,5,9,11H2,1H3,(H,22,25)(H,24,26). The van der Waals surface area contributed by atoms with E-state index in [0.717, 1.165) is 6.42 Å². The second-order valence-electron chi connectivity index (χ2n) is 6.67. The summed E-state index contributed by atoms with van der Waals surface area (Å²) >= 11 is 1.24. The first-order valence-corrected chi connectivity index (χ1v) is 11.6. The summed E-state index contributed by atoms with van der Waals surface area (Å²) in [5.74, 6) is 0.113. The number of amidine groups is 1. The van der Waals surface area contributed by atoms with Crippen LogP contribution in [0.5, 0.6) is 0 Å². The summed E-state index contributed by atoms with van der Waals surface area (Å²) in [5, 5.41) is 3.41. The first kappa shape index (κ1) is 20.2. The van der Waals surface area contributed by atoms with Crippen LogP contribution in [0.2, 0.25) is 0 Å². The summed E-state index contributed by atoms with van der Waals surface area (Å²) in [4.78, 5) is 26.1. The zero-order chi connectivity index (χ0) is 21.1. The number of hydrogen-bond donors (Lipinski definition) is 2. The van der Waals surface area contributed by atoms with Crippen LogP contribution in [0.3, 0.4) is 0 Å². The topological polar surface area (TPSA) is 113 Å². The molecule has 0 spiro atoms. The minimum absolute atomic E-state index is 0.0603. The molecular formula is C20H19N5O3S2. The van der Waals surface area contributed by atoms with Crippen molar-refractivity contribution in [2.45, 2.75) is 24.7 Å². The number of amides is 1. The van der Waals surface area contributed by atoms with Gasteiger partial charge in [0.15, 0.2) is 0 Å². The van der Waals surface area contributed by atoms with Gasteiger partial charge in [-0.15, -0.1) is 11.3 Å². The fourth-order valence-electron chi connectivity index (χ4n) is 2.97. The van der Waals surface area contributed by atoms with E-state index in [1.54, 1.807) is 25.3 Å². The first-order chi connectivity index (χ1) is 14.4. The molecule has 2 aromatic heterocycles. The molecule has 0 saturated carbocycles. The van der Waals surface area contributed by atoms with Crippen LogP contribution in [0.1, 0.15) is 28.2 Å². The lowest BCUT2D eigenvalue weighted by molar-refractivity contribution is 0.102. The number of thiazole rings is 1. The lowest BCUT2D eigenvalue weighted by atomic mass is 10.3. The van der Waals surface area contributed by atoms with Gasteiger partial charge in [0.1, 0.15) is 15.7 Å². The number of aromatic nitrogens is 2. The zero-order valence-corrected chi connectivity index (χ0v) is 17.8. The molecule has 10 heteroatoms. The van der Waals surface area contributed by atoms with Crippen LogP contribution in [0, 0.1) is 6.92 Å². The molecule has 3 heterocycles. The number of anilines is 1. The number of benzene rings is 1. The van der Waals surface area contributed by atoms with Crippen molar-refractivity contribution in [3.05, 3.63) is 59.2 Å². The largest absolute Gasteiger partial charge is 0.321 e. The van der Waals surface area contributed by atoms with Gasteiger partial charge in [-0.1, -0.05) is 12.1 Å². The van der Waals surface area contributed by atoms with E-state index >= 15 is 0 Å². The molecule has 4 rings (SSSR count). The van der Waals surface area contributed by atoms with Crippen molar-refractivity contribution < 1.29 is 13.2 Å². The van der Waals surface area contributed by atoms with Crippen LogP contribution in [0.4, 0.5) is 5.69 Å². The highest BCUT2D eigenvalue weighted by Gasteiger charge is 2.20. The maximum Gasteiger partial charge on any atom is 0.267 e. The number of hydrogen-bond acceptors (Lipinski definition) is 7. The van der Waals surface area contributed by atoms with E-state index in [-0.39, 0.29) is 10.8 Å². The number of nitrogens with zero attached hydrogens (tertiary/aromatic N) is 3. The minimum Gasteiger partial charge on any atom is -0.321 e. The molecule has 0 fully saturated rings. The van der Waals surface area contributed by atoms with E-state index < -0.39 is 10.0 Å².